The van der Waals surface area contributed by atoms with Gasteiger partial charge in [-0.3, -0.25) is 4.90 Å². The summed E-state index contributed by atoms with van der Waals surface area (Å²) in [6, 6.07) is 8.70. The Kier molecular flexibility index (Phi) is 3.82. The molecule has 0 saturated carbocycles. The van der Waals surface area contributed by atoms with Crippen molar-refractivity contribution in [3.05, 3.63) is 35.4 Å². The molecule has 17 heavy (non-hydrogen) atoms. The van der Waals surface area contributed by atoms with Gasteiger partial charge in [0.1, 0.15) is 0 Å². The molecule has 3 nitrogen and oxygen atoms in total. The second-order valence-corrected chi connectivity index (χ2v) is 5.44. The Morgan fingerprint density at radius 3 is 2.29 bits per heavy atom. The van der Waals surface area contributed by atoms with Crippen LogP contribution in [0.1, 0.15) is 25.0 Å². The lowest BCUT2D eigenvalue weighted by molar-refractivity contribution is 0.233. The quantitative estimate of drug-likeness (QED) is 0.826. The summed E-state index contributed by atoms with van der Waals surface area (Å²) in [4.78, 5) is 2.49. The van der Waals surface area contributed by atoms with Crippen LogP contribution in [0.25, 0.3) is 0 Å². The molecule has 3 N–H and O–H groups in total. The molecule has 0 aromatic heterocycles. The van der Waals surface area contributed by atoms with Crippen molar-refractivity contribution in [1.29, 1.82) is 0 Å². The molecule has 1 aliphatic rings. The molecule has 3 heteroatoms. The maximum Gasteiger partial charge on any atom is 0.0352 e. The first-order valence-electron chi connectivity index (χ1n) is 6.37. The molecule has 0 amide bonds. The Morgan fingerprint density at radius 2 is 1.76 bits per heavy atom. The van der Waals surface area contributed by atoms with E-state index in [0.717, 1.165) is 32.7 Å². The number of hydrogen-bond donors (Lipinski definition) is 2. The Balaban J connectivity index is 1.98. The smallest absolute Gasteiger partial charge is 0.0352 e. The van der Waals surface area contributed by atoms with Crippen molar-refractivity contribution in [3.8, 4) is 0 Å². The van der Waals surface area contributed by atoms with Gasteiger partial charge in [-0.15, -0.1) is 0 Å². The Labute approximate surface area is 104 Å². The van der Waals surface area contributed by atoms with Crippen LogP contribution in [0.4, 0.5) is 0 Å². The third-order valence-corrected chi connectivity index (χ3v) is 3.31. The second-order valence-electron chi connectivity index (χ2n) is 5.44. The molecule has 0 unspecified atom stereocenters. The van der Waals surface area contributed by atoms with Gasteiger partial charge >= 0.3 is 0 Å². The maximum absolute atomic E-state index is 6.07. The van der Waals surface area contributed by atoms with Crippen molar-refractivity contribution in [2.24, 2.45) is 5.73 Å². The van der Waals surface area contributed by atoms with Crippen LogP contribution >= 0.6 is 0 Å². The van der Waals surface area contributed by atoms with Gasteiger partial charge in [-0.25, -0.2) is 0 Å². The van der Waals surface area contributed by atoms with E-state index in [-0.39, 0.29) is 5.54 Å². The van der Waals surface area contributed by atoms with Gasteiger partial charge < -0.3 is 11.1 Å². The summed E-state index contributed by atoms with van der Waals surface area (Å²) in [5, 5.41) is 3.37. The van der Waals surface area contributed by atoms with E-state index >= 15 is 0 Å². The van der Waals surface area contributed by atoms with Crippen LogP contribution in [0.3, 0.4) is 0 Å². The van der Waals surface area contributed by atoms with Crippen LogP contribution in [-0.2, 0) is 12.1 Å². The number of hydrogen-bond acceptors (Lipinski definition) is 3. The minimum Gasteiger partial charge on any atom is -0.322 e. The highest BCUT2D eigenvalue weighted by atomic mass is 15.2. The number of benzene rings is 1. The molecule has 1 heterocycles. The first kappa shape index (κ1) is 12.6. The number of nitrogens with one attached hydrogen (secondary N) is 1. The molecule has 0 spiro atoms. The van der Waals surface area contributed by atoms with Crippen LogP contribution in [-0.4, -0.2) is 31.1 Å². The predicted octanol–water partition coefficient (Wildman–Crippen LogP) is 1.29. The molecule has 0 aliphatic carbocycles. The van der Waals surface area contributed by atoms with Crippen molar-refractivity contribution >= 4 is 0 Å². The highest BCUT2D eigenvalue weighted by molar-refractivity contribution is 5.27. The lowest BCUT2D eigenvalue weighted by atomic mass is 9.95. The average Bonchev–Trinajstić information content (AvgIpc) is 2.30. The van der Waals surface area contributed by atoms with Crippen LogP contribution in [0.2, 0.25) is 0 Å². The Bertz CT molecular complexity index is 345. The normalized spacial score (nSPS) is 18.3. The minimum atomic E-state index is -0.242. The van der Waals surface area contributed by atoms with E-state index in [1.54, 1.807) is 0 Å². The molecule has 1 aliphatic heterocycles. The molecule has 1 aromatic carbocycles. The minimum absolute atomic E-state index is 0.242. The molecule has 0 bridgehead atoms. The zero-order chi connectivity index (χ0) is 12.3. The van der Waals surface area contributed by atoms with Crippen molar-refractivity contribution in [2.75, 3.05) is 26.2 Å². The van der Waals surface area contributed by atoms with E-state index < -0.39 is 0 Å². The average molecular weight is 233 g/mol. The number of piperazine rings is 1. The van der Waals surface area contributed by atoms with Crippen molar-refractivity contribution in [2.45, 2.75) is 25.9 Å². The fourth-order valence-corrected chi connectivity index (χ4v) is 2.17. The number of rotatable bonds is 3. The van der Waals surface area contributed by atoms with Gasteiger partial charge in [0.15, 0.2) is 0 Å². The first-order valence-corrected chi connectivity index (χ1v) is 6.37. The van der Waals surface area contributed by atoms with Gasteiger partial charge in [0, 0.05) is 38.3 Å². The van der Waals surface area contributed by atoms with E-state index in [2.05, 4.69) is 34.5 Å². The van der Waals surface area contributed by atoms with E-state index in [4.69, 9.17) is 5.73 Å². The van der Waals surface area contributed by atoms with Gasteiger partial charge in [-0.05, 0) is 25.0 Å². The third-order valence-electron chi connectivity index (χ3n) is 3.31. The maximum atomic E-state index is 6.07. The topological polar surface area (TPSA) is 41.3 Å². The van der Waals surface area contributed by atoms with Crippen LogP contribution < -0.4 is 11.1 Å². The molecular weight excluding hydrogens is 210 g/mol. The van der Waals surface area contributed by atoms with Gasteiger partial charge in [0.05, 0.1) is 0 Å². The standard InChI is InChI=1S/C14H23N3/c1-14(2,15)13-5-3-12(4-6-13)11-17-9-7-16-8-10-17/h3-6,16H,7-11,15H2,1-2H3. The molecule has 1 saturated heterocycles. The lowest BCUT2D eigenvalue weighted by Crippen LogP contribution is -2.42. The summed E-state index contributed by atoms with van der Waals surface area (Å²) >= 11 is 0. The largest absolute Gasteiger partial charge is 0.322 e. The summed E-state index contributed by atoms with van der Waals surface area (Å²) in [7, 11) is 0. The van der Waals surface area contributed by atoms with Crippen molar-refractivity contribution < 1.29 is 0 Å². The SMILES string of the molecule is CC(C)(N)c1ccc(CN2CCNCC2)cc1. The molecule has 0 radical (unpaired) electrons. The van der Waals surface area contributed by atoms with Gasteiger partial charge in [-0.2, -0.15) is 0 Å². The molecule has 1 fully saturated rings. The van der Waals surface area contributed by atoms with Crippen LogP contribution in [0.15, 0.2) is 24.3 Å². The highest BCUT2D eigenvalue weighted by Gasteiger charge is 2.14. The monoisotopic (exact) mass is 233 g/mol. The summed E-state index contributed by atoms with van der Waals surface area (Å²) in [5.41, 5.74) is 8.40. The van der Waals surface area contributed by atoms with Crippen LogP contribution in [0.5, 0.6) is 0 Å². The van der Waals surface area contributed by atoms with Crippen molar-refractivity contribution in [1.82, 2.24) is 10.2 Å². The molecule has 2 rings (SSSR count). The van der Waals surface area contributed by atoms with E-state index in [1.165, 1.54) is 11.1 Å². The number of nitrogens with zero attached hydrogens (tertiary/aromatic N) is 1. The summed E-state index contributed by atoms with van der Waals surface area (Å²) in [6.07, 6.45) is 0. The zero-order valence-corrected chi connectivity index (χ0v) is 10.9. The Hall–Kier alpha value is -0.900. The van der Waals surface area contributed by atoms with Gasteiger partial charge in [0.25, 0.3) is 0 Å². The molecule has 94 valence electrons. The zero-order valence-electron chi connectivity index (χ0n) is 10.9. The van der Waals surface area contributed by atoms with Gasteiger partial charge in [-0.1, -0.05) is 24.3 Å². The van der Waals surface area contributed by atoms with Crippen LogP contribution in [0, 0.1) is 0 Å². The second kappa shape index (κ2) is 5.17. The van der Waals surface area contributed by atoms with E-state index in [0.29, 0.717) is 0 Å². The fraction of sp³-hybridized carbons (Fsp3) is 0.571. The van der Waals surface area contributed by atoms with Crippen molar-refractivity contribution in [3.63, 3.8) is 0 Å². The fourth-order valence-electron chi connectivity index (χ4n) is 2.17. The van der Waals surface area contributed by atoms with E-state index in [1.807, 2.05) is 13.8 Å². The Morgan fingerprint density at radius 1 is 1.18 bits per heavy atom. The summed E-state index contributed by atoms with van der Waals surface area (Å²) < 4.78 is 0. The lowest BCUT2D eigenvalue weighted by Gasteiger charge is -2.27. The highest BCUT2D eigenvalue weighted by Crippen LogP contribution is 2.17. The molecule has 1 aromatic rings. The summed E-state index contributed by atoms with van der Waals surface area (Å²) in [6.45, 7) is 9.62. The number of nitrogens with two attached hydrogens (primary N) is 1. The summed E-state index contributed by atoms with van der Waals surface area (Å²) in [5.74, 6) is 0. The predicted molar refractivity (Wildman–Crippen MR) is 71.8 cm³/mol. The third kappa shape index (κ3) is 3.53. The molecular formula is C14H23N3. The molecule has 0 atom stereocenters. The van der Waals surface area contributed by atoms with E-state index in [9.17, 15) is 0 Å². The van der Waals surface area contributed by atoms with Gasteiger partial charge in [0.2, 0.25) is 0 Å². The first-order chi connectivity index (χ1) is 8.05.